The molecule has 2 fully saturated rings. The Morgan fingerprint density at radius 3 is 1.70 bits per heavy atom. The van der Waals surface area contributed by atoms with Gasteiger partial charge in [-0.1, -0.05) is 97.4 Å². The minimum Gasteiger partial charge on any atom is -0.407 e. The third-order valence-electron chi connectivity index (χ3n) is 8.02. The average Bonchev–Trinajstić information content (AvgIpc) is 3.02. The second-order valence-corrected chi connectivity index (χ2v) is 17.3. The van der Waals surface area contributed by atoms with E-state index in [1.165, 1.54) is 0 Å². The SMILES string of the molecule is C[Si](C)(C)O[C@H]1[C@H](OC2(O)CCCCC2)O[C@H](COCc2ccccc2)[C@@H](OCc2ccccc2)[C@@H]1OCc1ccccc1. The number of aliphatic hydroxyl groups is 1. The van der Waals surface area contributed by atoms with E-state index in [4.69, 9.17) is 28.1 Å². The van der Waals surface area contributed by atoms with Gasteiger partial charge in [-0.3, -0.25) is 0 Å². The van der Waals surface area contributed by atoms with Gasteiger partial charge in [-0.25, -0.2) is 0 Å². The Morgan fingerprint density at radius 1 is 0.682 bits per heavy atom. The molecule has 5 atom stereocenters. The van der Waals surface area contributed by atoms with Crippen LogP contribution in [0.25, 0.3) is 0 Å². The van der Waals surface area contributed by atoms with Crippen LogP contribution in [0, 0.1) is 0 Å². The normalized spacial score (nSPS) is 25.5. The molecule has 2 aliphatic rings. The average molecular weight is 621 g/mol. The Labute approximate surface area is 263 Å². The fourth-order valence-corrected chi connectivity index (χ4v) is 6.93. The van der Waals surface area contributed by atoms with Crippen molar-refractivity contribution >= 4 is 8.32 Å². The van der Waals surface area contributed by atoms with E-state index in [2.05, 4.69) is 19.6 Å². The van der Waals surface area contributed by atoms with Crippen molar-refractivity contribution < 1.29 is 33.2 Å². The molecule has 238 valence electrons. The van der Waals surface area contributed by atoms with Crippen LogP contribution in [0.2, 0.25) is 19.6 Å². The van der Waals surface area contributed by atoms with E-state index in [9.17, 15) is 5.11 Å². The highest BCUT2D eigenvalue weighted by Crippen LogP contribution is 2.37. The highest BCUT2D eigenvalue weighted by Gasteiger charge is 2.52. The van der Waals surface area contributed by atoms with E-state index in [0.717, 1.165) is 36.0 Å². The predicted molar refractivity (Wildman–Crippen MR) is 172 cm³/mol. The first kappa shape index (κ1) is 33.0. The van der Waals surface area contributed by atoms with Gasteiger partial charge in [0.2, 0.25) is 0 Å². The topological polar surface area (TPSA) is 75.6 Å². The van der Waals surface area contributed by atoms with E-state index in [1.54, 1.807) is 0 Å². The zero-order chi connectivity index (χ0) is 30.8. The van der Waals surface area contributed by atoms with Crippen LogP contribution in [-0.2, 0) is 47.9 Å². The molecule has 1 N–H and O–H groups in total. The number of rotatable bonds is 14. The monoisotopic (exact) mass is 620 g/mol. The van der Waals surface area contributed by atoms with Gasteiger partial charge in [-0.2, -0.15) is 0 Å². The second kappa shape index (κ2) is 15.7. The van der Waals surface area contributed by atoms with Crippen LogP contribution in [0.15, 0.2) is 91.0 Å². The highest BCUT2D eigenvalue weighted by atomic mass is 28.4. The first-order valence-corrected chi connectivity index (χ1v) is 19.4. The van der Waals surface area contributed by atoms with Crippen LogP contribution in [0.5, 0.6) is 0 Å². The van der Waals surface area contributed by atoms with Crippen LogP contribution >= 0.6 is 0 Å². The van der Waals surface area contributed by atoms with Crippen molar-refractivity contribution in [1.29, 1.82) is 0 Å². The lowest BCUT2D eigenvalue weighted by molar-refractivity contribution is -0.372. The molecule has 0 amide bonds. The summed E-state index contributed by atoms with van der Waals surface area (Å²) in [6.45, 7) is 7.87. The van der Waals surface area contributed by atoms with Gasteiger partial charge in [0.1, 0.15) is 24.4 Å². The van der Waals surface area contributed by atoms with Crippen molar-refractivity contribution in [1.82, 2.24) is 0 Å². The number of ether oxygens (including phenoxy) is 5. The molecule has 7 nitrogen and oxygen atoms in total. The summed E-state index contributed by atoms with van der Waals surface area (Å²) < 4.78 is 39.7. The van der Waals surface area contributed by atoms with Gasteiger partial charge < -0.3 is 33.2 Å². The third-order valence-corrected chi connectivity index (χ3v) is 8.99. The molecule has 3 aromatic rings. The molecule has 0 spiro atoms. The summed E-state index contributed by atoms with van der Waals surface area (Å²) >= 11 is 0. The Kier molecular flexibility index (Phi) is 11.8. The summed E-state index contributed by atoms with van der Waals surface area (Å²) in [4.78, 5) is 0. The molecule has 44 heavy (non-hydrogen) atoms. The van der Waals surface area contributed by atoms with Gasteiger partial charge in [-0.05, 0) is 49.2 Å². The van der Waals surface area contributed by atoms with Gasteiger partial charge in [0.05, 0.1) is 26.4 Å². The zero-order valence-electron chi connectivity index (χ0n) is 26.3. The molecule has 0 bridgehead atoms. The molecule has 5 rings (SSSR count). The van der Waals surface area contributed by atoms with Crippen LogP contribution in [-0.4, -0.2) is 56.5 Å². The number of benzene rings is 3. The molecule has 1 saturated heterocycles. The van der Waals surface area contributed by atoms with E-state index < -0.39 is 44.8 Å². The molecule has 3 aromatic carbocycles. The first-order valence-electron chi connectivity index (χ1n) is 15.9. The summed E-state index contributed by atoms with van der Waals surface area (Å²) in [6.07, 6.45) is 0.971. The van der Waals surface area contributed by atoms with Crippen molar-refractivity contribution in [2.24, 2.45) is 0 Å². The van der Waals surface area contributed by atoms with Crippen LogP contribution < -0.4 is 0 Å². The summed E-state index contributed by atoms with van der Waals surface area (Å²) in [7, 11) is -2.14. The summed E-state index contributed by atoms with van der Waals surface area (Å²) in [5.74, 6) is -1.28. The van der Waals surface area contributed by atoms with Crippen LogP contribution in [0.4, 0.5) is 0 Å². The van der Waals surface area contributed by atoms with Gasteiger partial charge in [0.15, 0.2) is 20.4 Å². The van der Waals surface area contributed by atoms with Gasteiger partial charge >= 0.3 is 0 Å². The van der Waals surface area contributed by atoms with Gasteiger partial charge in [0.25, 0.3) is 0 Å². The lowest BCUT2D eigenvalue weighted by atomic mass is 9.93. The Bertz CT molecular complexity index is 1230. The van der Waals surface area contributed by atoms with Crippen LogP contribution in [0.3, 0.4) is 0 Å². The molecular formula is C36H48O7Si. The Balaban J connectivity index is 1.45. The standard InChI is InChI=1S/C36H48O7Si/c1-44(2,3)43-34-33(40-26-30-20-12-6-13-21-30)32(39-25-29-18-10-5-11-19-29)31(27-38-24-28-16-8-4-9-17-28)41-35(34)42-36(37)22-14-7-15-23-36/h4-6,8-13,16-21,31-35,37H,7,14-15,22-27H2,1-3H3/t31-,32-,33+,34-,35+/m1/s1. The largest absolute Gasteiger partial charge is 0.407 e. The van der Waals surface area contributed by atoms with Gasteiger partial charge in [-0.15, -0.1) is 0 Å². The second-order valence-electron chi connectivity index (χ2n) is 12.9. The maximum absolute atomic E-state index is 11.5. The number of hydrogen-bond donors (Lipinski definition) is 1. The maximum atomic E-state index is 11.5. The van der Waals surface area contributed by atoms with E-state index in [1.807, 2.05) is 91.0 Å². The molecule has 0 aromatic heterocycles. The lowest BCUT2D eigenvalue weighted by Crippen LogP contribution is -2.64. The smallest absolute Gasteiger partial charge is 0.188 e. The van der Waals surface area contributed by atoms with Crippen LogP contribution in [0.1, 0.15) is 48.8 Å². The summed E-state index contributed by atoms with van der Waals surface area (Å²) in [5.41, 5.74) is 3.18. The molecule has 1 aliphatic carbocycles. The van der Waals surface area contributed by atoms with Crippen molar-refractivity contribution in [3.05, 3.63) is 108 Å². The minimum absolute atomic E-state index is 0.261. The highest BCUT2D eigenvalue weighted by molar-refractivity contribution is 6.69. The zero-order valence-corrected chi connectivity index (χ0v) is 27.3. The van der Waals surface area contributed by atoms with Crippen molar-refractivity contribution in [3.63, 3.8) is 0 Å². The lowest BCUT2D eigenvalue weighted by Gasteiger charge is -2.49. The summed E-state index contributed by atoms with van der Waals surface area (Å²) in [6, 6.07) is 30.3. The molecule has 0 unspecified atom stereocenters. The van der Waals surface area contributed by atoms with Crippen molar-refractivity contribution in [2.45, 2.75) is 108 Å². The molecule has 0 radical (unpaired) electrons. The summed E-state index contributed by atoms with van der Waals surface area (Å²) in [5, 5.41) is 11.5. The quantitative estimate of drug-likeness (QED) is 0.154. The third kappa shape index (κ3) is 9.80. The first-order chi connectivity index (χ1) is 21.3. The van der Waals surface area contributed by atoms with E-state index >= 15 is 0 Å². The molecule has 8 heteroatoms. The van der Waals surface area contributed by atoms with E-state index in [0.29, 0.717) is 32.7 Å². The molecule has 1 aliphatic heterocycles. The van der Waals surface area contributed by atoms with E-state index in [-0.39, 0.29) is 6.61 Å². The minimum atomic E-state index is -2.14. The fraction of sp³-hybridized carbons (Fsp3) is 0.500. The Morgan fingerprint density at radius 2 is 1.18 bits per heavy atom. The van der Waals surface area contributed by atoms with Gasteiger partial charge in [0, 0.05) is 12.8 Å². The van der Waals surface area contributed by atoms with Crippen molar-refractivity contribution in [2.75, 3.05) is 6.61 Å². The Hall–Kier alpha value is -2.40. The fourth-order valence-electron chi connectivity index (χ4n) is 5.87. The predicted octanol–water partition coefficient (Wildman–Crippen LogP) is 6.99. The molecule has 1 heterocycles. The molecule has 1 saturated carbocycles. The van der Waals surface area contributed by atoms with Crippen molar-refractivity contribution in [3.8, 4) is 0 Å². The maximum Gasteiger partial charge on any atom is 0.188 e. The number of hydrogen-bond acceptors (Lipinski definition) is 7. The molecular weight excluding hydrogens is 572 g/mol.